The molecular formula is C23H23N7O. The molecule has 0 unspecified atom stereocenters. The Labute approximate surface area is 179 Å². The van der Waals surface area contributed by atoms with Crippen molar-refractivity contribution in [1.82, 2.24) is 33.9 Å². The average molecular weight is 413 g/mol. The van der Waals surface area contributed by atoms with E-state index in [4.69, 9.17) is 9.84 Å². The van der Waals surface area contributed by atoms with Crippen LogP contribution in [0.2, 0.25) is 0 Å². The van der Waals surface area contributed by atoms with Crippen molar-refractivity contribution < 1.29 is 4.74 Å². The van der Waals surface area contributed by atoms with Crippen LogP contribution < -0.4 is 4.74 Å². The van der Waals surface area contributed by atoms with Gasteiger partial charge in [0.05, 0.1) is 17.8 Å². The second kappa shape index (κ2) is 7.23. The van der Waals surface area contributed by atoms with Crippen LogP contribution >= 0.6 is 0 Å². The minimum absolute atomic E-state index is 0.479. The molecular weight excluding hydrogens is 390 g/mol. The van der Waals surface area contributed by atoms with Gasteiger partial charge in [-0.15, -0.1) is 0 Å². The van der Waals surface area contributed by atoms with Crippen LogP contribution in [0.25, 0.3) is 27.8 Å². The summed E-state index contributed by atoms with van der Waals surface area (Å²) < 4.78 is 12.2. The number of nitrogens with zero attached hydrogens (tertiary/aromatic N) is 7. The summed E-state index contributed by atoms with van der Waals surface area (Å²) in [5.41, 5.74) is 5.48. The predicted molar refractivity (Wildman–Crippen MR) is 117 cm³/mol. The highest BCUT2D eigenvalue weighted by atomic mass is 16.5. The van der Waals surface area contributed by atoms with E-state index < -0.39 is 0 Å². The number of hydrogen-bond acceptors (Lipinski definition) is 5. The van der Waals surface area contributed by atoms with E-state index in [9.17, 15) is 0 Å². The molecule has 0 aliphatic heterocycles. The molecule has 5 aromatic heterocycles. The van der Waals surface area contributed by atoms with Crippen LogP contribution in [0.3, 0.4) is 0 Å². The van der Waals surface area contributed by atoms with Crippen molar-refractivity contribution in [3.05, 3.63) is 60.9 Å². The Hall–Kier alpha value is -3.68. The fourth-order valence-corrected chi connectivity index (χ4v) is 4.18. The first kappa shape index (κ1) is 18.1. The van der Waals surface area contributed by atoms with Gasteiger partial charge in [0, 0.05) is 29.9 Å². The van der Waals surface area contributed by atoms with Gasteiger partial charge in [0.1, 0.15) is 30.5 Å². The molecule has 5 aromatic rings. The summed E-state index contributed by atoms with van der Waals surface area (Å²) in [6, 6.07) is 10.4. The van der Waals surface area contributed by atoms with Crippen molar-refractivity contribution in [3.63, 3.8) is 0 Å². The Balaban J connectivity index is 1.44. The molecule has 0 spiro atoms. The van der Waals surface area contributed by atoms with Gasteiger partial charge in [-0.2, -0.15) is 10.2 Å². The van der Waals surface area contributed by atoms with Crippen LogP contribution in [-0.4, -0.2) is 40.5 Å². The predicted octanol–water partition coefficient (Wildman–Crippen LogP) is 3.74. The lowest BCUT2D eigenvalue weighted by Crippen LogP contribution is -2.10. The van der Waals surface area contributed by atoms with E-state index in [0.29, 0.717) is 24.9 Å². The number of fused-ring (bicyclic) bond motifs is 2. The fourth-order valence-electron chi connectivity index (χ4n) is 4.18. The number of aryl methyl sites for hydroxylation is 1. The topological polar surface area (TPSA) is 75.1 Å². The third-order valence-corrected chi connectivity index (χ3v) is 5.97. The zero-order valence-corrected chi connectivity index (χ0v) is 17.3. The van der Waals surface area contributed by atoms with Crippen molar-refractivity contribution in [2.24, 2.45) is 5.92 Å². The molecule has 0 amide bonds. The summed E-state index contributed by atoms with van der Waals surface area (Å²) in [6.07, 6.45) is 9.58. The first-order valence-corrected chi connectivity index (χ1v) is 10.7. The number of aromatic nitrogens is 7. The SMILES string of the molecule is Cc1c(-c2cc3ccnc(OCCn4cncn4)c3n2CC2CC2)nn2ccccc12. The summed E-state index contributed by atoms with van der Waals surface area (Å²) in [7, 11) is 0. The Bertz CT molecular complexity index is 1360. The summed E-state index contributed by atoms with van der Waals surface area (Å²) in [5, 5.41) is 10.2. The molecule has 0 bridgehead atoms. The first-order chi connectivity index (χ1) is 15.3. The number of ether oxygens (including phenoxy) is 1. The standard InChI is InChI=1S/C23H23N7O/c1-16-19-4-2-3-9-30(19)27-21(16)20-12-18-7-8-25-23(22(18)29(20)13-17-5-6-17)31-11-10-28-15-24-14-26-28/h2-4,7-9,12,14-15,17H,5-6,10-11,13H2,1H3. The van der Waals surface area contributed by atoms with Gasteiger partial charge < -0.3 is 9.30 Å². The highest BCUT2D eigenvalue weighted by Gasteiger charge is 2.27. The first-order valence-electron chi connectivity index (χ1n) is 10.7. The minimum Gasteiger partial charge on any atom is -0.474 e. The zero-order valence-electron chi connectivity index (χ0n) is 17.3. The quantitative estimate of drug-likeness (QED) is 0.406. The monoisotopic (exact) mass is 413 g/mol. The molecule has 8 nitrogen and oxygen atoms in total. The largest absolute Gasteiger partial charge is 0.474 e. The molecule has 6 rings (SSSR count). The third kappa shape index (κ3) is 3.24. The summed E-state index contributed by atoms with van der Waals surface area (Å²) >= 11 is 0. The van der Waals surface area contributed by atoms with E-state index in [-0.39, 0.29) is 0 Å². The van der Waals surface area contributed by atoms with Crippen molar-refractivity contribution >= 4 is 16.4 Å². The second-order valence-corrected chi connectivity index (χ2v) is 8.15. The van der Waals surface area contributed by atoms with Gasteiger partial charge in [-0.3, -0.25) is 0 Å². The van der Waals surface area contributed by atoms with Gasteiger partial charge >= 0.3 is 0 Å². The molecule has 5 heterocycles. The Kier molecular flexibility index (Phi) is 4.22. The van der Waals surface area contributed by atoms with E-state index in [2.05, 4.69) is 50.8 Å². The second-order valence-electron chi connectivity index (χ2n) is 8.15. The smallest absolute Gasteiger partial charge is 0.238 e. The van der Waals surface area contributed by atoms with Gasteiger partial charge in [-0.05, 0) is 49.9 Å². The fraction of sp³-hybridized carbons (Fsp3) is 0.304. The van der Waals surface area contributed by atoms with E-state index >= 15 is 0 Å². The molecule has 156 valence electrons. The summed E-state index contributed by atoms with van der Waals surface area (Å²) in [6.45, 7) is 4.20. The maximum Gasteiger partial charge on any atom is 0.238 e. The van der Waals surface area contributed by atoms with E-state index in [1.165, 1.54) is 24.7 Å². The Morgan fingerprint density at radius 1 is 1.19 bits per heavy atom. The lowest BCUT2D eigenvalue weighted by molar-refractivity contribution is 0.283. The molecule has 0 radical (unpaired) electrons. The van der Waals surface area contributed by atoms with Gasteiger partial charge in [0.25, 0.3) is 0 Å². The van der Waals surface area contributed by atoms with Crippen molar-refractivity contribution in [1.29, 1.82) is 0 Å². The third-order valence-electron chi connectivity index (χ3n) is 5.97. The van der Waals surface area contributed by atoms with E-state index in [1.54, 1.807) is 11.0 Å². The molecule has 1 fully saturated rings. The van der Waals surface area contributed by atoms with Crippen LogP contribution in [0, 0.1) is 12.8 Å². The minimum atomic E-state index is 0.479. The molecule has 0 N–H and O–H groups in total. The van der Waals surface area contributed by atoms with E-state index in [1.807, 2.05) is 23.0 Å². The number of hydrogen-bond donors (Lipinski definition) is 0. The van der Waals surface area contributed by atoms with Gasteiger partial charge in [0.2, 0.25) is 5.88 Å². The molecule has 1 saturated carbocycles. The normalized spacial score (nSPS) is 14.0. The molecule has 1 aliphatic rings. The lowest BCUT2D eigenvalue weighted by Gasteiger charge is -2.12. The van der Waals surface area contributed by atoms with E-state index in [0.717, 1.165) is 34.4 Å². The molecule has 8 heteroatoms. The Morgan fingerprint density at radius 3 is 2.94 bits per heavy atom. The molecule has 1 aliphatic carbocycles. The summed E-state index contributed by atoms with van der Waals surface area (Å²) in [4.78, 5) is 8.55. The summed E-state index contributed by atoms with van der Waals surface area (Å²) in [5.74, 6) is 1.36. The van der Waals surface area contributed by atoms with Crippen LogP contribution in [0.1, 0.15) is 18.4 Å². The van der Waals surface area contributed by atoms with Crippen LogP contribution in [0.15, 0.2) is 55.4 Å². The van der Waals surface area contributed by atoms with Crippen molar-refractivity contribution in [2.75, 3.05) is 6.61 Å². The van der Waals surface area contributed by atoms with Crippen LogP contribution in [0.5, 0.6) is 5.88 Å². The highest BCUT2D eigenvalue weighted by Crippen LogP contribution is 2.39. The highest BCUT2D eigenvalue weighted by molar-refractivity contribution is 5.90. The maximum atomic E-state index is 6.13. The van der Waals surface area contributed by atoms with Crippen molar-refractivity contribution in [2.45, 2.75) is 32.9 Å². The van der Waals surface area contributed by atoms with Crippen molar-refractivity contribution in [3.8, 4) is 17.3 Å². The van der Waals surface area contributed by atoms with Gasteiger partial charge in [-0.1, -0.05) is 6.07 Å². The molecule has 0 saturated heterocycles. The zero-order chi connectivity index (χ0) is 20.8. The van der Waals surface area contributed by atoms with Crippen LogP contribution in [-0.2, 0) is 13.1 Å². The lowest BCUT2D eigenvalue weighted by atomic mass is 10.1. The maximum absolute atomic E-state index is 6.13. The average Bonchev–Trinajstić information content (AvgIpc) is 3.17. The number of rotatable bonds is 7. The molecule has 31 heavy (non-hydrogen) atoms. The molecule has 0 aromatic carbocycles. The van der Waals surface area contributed by atoms with Gasteiger partial charge in [0.15, 0.2) is 0 Å². The molecule has 0 atom stereocenters. The Morgan fingerprint density at radius 2 is 2.13 bits per heavy atom. The number of pyridine rings is 2. The van der Waals surface area contributed by atoms with Gasteiger partial charge in [-0.25, -0.2) is 19.2 Å². The van der Waals surface area contributed by atoms with Crippen LogP contribution in [0.4, 0.5) is 0 Å².